The number of halogens is 1. The Labute approximate surface area is 157 Å². The van der Waals surface area contributed by atoms with Gasteiger partial charge in [-0.15, -0.1) is 0 Å². The van der Waals surface area contributed by atoms with Gasteiger partial charge in [0.05, 0.1) is 5.69 Å². The van der Waals surface area contributed by atoms with Gasteiger partial charge in [-0.2, -0.15) is 0 Å². The third-order valence-corrected chi connectivity index (χ3v) is 5.66. The van der Waals surface area contributed by atoms with Gasteiger partial charge in [-0.1, -0.05) is 0 Å². The summed E-state index contributed by atoms with van der Waals surface area (Å²) in [7, 11) is 0. The maximum absolute atomic E-state index is 13.3. The topological polar surface area (TPSA) is 46.0 Å². The van der Waals surface area contributed by atoms with E-state index in [-0.39, 0.29) is 5.82 Å². The molecule has 4 heterocycles. The van der Waals surface area contributed by atoms with Gasteiger partial charge in [-0.3, -0.25) is 4.57 Å². The maximum Gasteiger partial charge on any atom is 0.144 e. The highest BCUT2D eigenvalue weighted by Gasteiger charge is 2.36. The van der Waals surface area contributed by atoms with Crippen LogP contribution in [0.4, 0.5) is 10.2 Å². The monoisotopic (exact) mass is 363 g/mol. The van der Waals surface area contributed by atoms with Crippen LogP contribution in [0, 0.1) is 24.6 Å². The number of pyridine rings is 1. The highest BCUT2D eigenvalue weighted by atomic mass is 19.1. The van der Waals surface area contributed by atoms with Crippen LogP contribution in [0.15, 0.2) is 48.8 Å². The van der Waals surface area contributed by atoms with Crippen molar-refractivity contribution in [1.29, 1.82) is 0 Å². The SMILES string of the molecule is Cc1cc(-n2ccnc2-c2ccc(F)cc2)cc(N2CC3CNCC3C2)n1. The standard InChI is InChI=1S/C21H22FN5/c1-14-8-19(9-20(25-14)26-12-16-10-23-11-17(16)13-26)27-7-6-24-21(27)15-2-4-18(22)5-3-15/h2-9,16-17,23H,10-13H2,1H3. The average molecular weight is 363 g/mol. The van der Waals surface area contributed by atoms with Crippen molar-refractivity contribution in [1.82, 2.24) is 19.9 Å². The molecule has 0 radical (unpaired) electrons. The van der Waals surface area contributed by atoms with Crippen LogP contribution in [-0.2, 0) is 0 Å². The molecule has 0 bridgehead atoms. The molecule has 27 heavy (non-hydrogen) atoms. The van der Waals surface area contributed by atoms with E-state index in [1.807, 2.05) is 17.7 Å². The number of hydrogen-bond donors (Lipinski definition) is 1. The third kappa shape index (κ3) is 3.00. The van der Waals surface area contributed by atoms with Gasteiger partial charge >= 0.3 is 0 Å². The van der Waals surface area contributed by atoms with Gasteiger partial charge in [0.2, 0.25) is 0 Å². The number of hydrogen-bond acceptors (Lipinski definition) is 4. The minimum Gasteiger partial charge on any atom is -0.356 e. The molecule has 0 amide bonds. The molecule has 2 aliphatic rings. The molecule has 2 saturated heterocycles. The molecule has 1 N–H and O–H groups in total. The smallest absolute Gasteiger partial charge is 0.144 e. The Morgan fingerprint density at radius 1 is 1.07 bits per heavy atom. The molecular formula is C21H22FN5. The molecule has 2 fully saturated rings. The van der Waals surface area contributed by atoms with E-state index in [4.69, 9.17) is 4.98 Å². The molecule has 138 valence electrons. The predicted octanol–water partition coefficient (Wildman–Crippen LogP) is 3.04. The summed E-state index contributed by atoms with van der Waals surface area (Å²) >= 11 is 0. The van der Waals surface area contributed by atoms with E-state index in [9.17, 15) is 4.39 Å². The Bertz CT molecular complexity index is 953. The zero-order valence-electron chi connectivity index (χ0n) is 15.3. The molecule has 2 aromatic heterocycles. The zero-order chi connectivity index (χ0) is 18.4. The first-order valence-corrected chi connectivity index (χ1v) is 9.41. The third-order valence-electron chi connectivity index (χ3n) is 5.66. The number of aromatic nitrogens is 3. The lowest BCUT2D eigenvalue weighted by molar-refractivity contribution is 0.533. The molecule has 0 aliphatic carbocycles. The summed E-state index contributed by atoms with van der Waals surface area (Å²) in [6.45, 7) is 6.36. The molecular weight excluding hydrogens is 341 g/mol. The summed E-state index contributed by atoms with van der Waals surface area (Å²) in [4.78, 5) is 11.7. The average Bonchev–Trinajstić information content (AvgIpc) is 3.37. The van der Waals surface area contributed by atoms with Gasteiger partial charge in [-0.05, 0) is 49.1 Å². The van der Waals surface area contributed by atoms with E-state index in [0.29, 0.717) is 0 Å². The number of benzene rings is 1. The lowest BCUT2D eigenvalue weighted by Crippen LogP contribution is -2.26. The first-order chi connectivity index (χ1) is 13.2. The van der Waals surface area contributed by atoms with E-state index in [1.54, 1.807) is 18.3 Å². The van der Waals surface area contributed by atoms with Crippen molar-refractivity contribution >= 4 is 5.82 Å². The lowest BCUT2D eigenvalue weighted by atomic mass is 10.0. The molecule has 5 rings (SSSR count). The van der Waals surface area contributed by atoms with Gasteiger partial charge in [0.25, 0.3) is 0 Å². The Morgan fingerprint density at radius 3 is 2.56 bits per heavy atom. The van der Waals surface area contributed by atoms with Gasteiger partial charge in [0.1, 0.15) is 17.5 Å². The van der Waals surface area contributed by atoms with E-state index in [0.717, 1.165) is 66.6 Å². The summed E-state index contributed by atoms with van der Waals surface area (Å²) in [5.74, 6) is 3.03. The summed E-state index contributed by atoms with van der Waals surface area (Å²) in [6.07, 6.45) is 3.72. The number of nitrogens with one attached hydrogen (secondary N) is 1. The first-order valence-electron chi connectivity index (χ1n) is 9.41. The van der Waals surface area contributed by atoms with E-state index < -0.39 is 0 Å². The van der Waals surface area contributed by atoms with Gasteiger partial charge in [-0.25, -0.2) is 14.4 Å². The highest BCUT2D eigenvalue weighted by Crippen LogP contribution is 2.31. The number of nitrogens with zero attached hydrogens (tertiary/aromatic N) is 4. The predicted molar refractivity (Wildman–Crippen MR) is 104 cm³/mol. The minimum absolute atomic E-state index is 0.243. The van der Waals surface area contributed by atoms with Crippen LogP contribution in [0.3, 0.4) is 0 Å². The second-order valence-electron chi connectivity index (χ2n) is 7.54. The van der Waals surface area contributed by atoms with Gasteiger partial charge in [0, 0.05) is 55.9 Å². The number of imidazole rings is 1. The number of aryl methyl sites for hydroxylation is 1. The molecule has 5 nitrogen and oxygen atoms in total. The second kappa shape index (κ2) is 6.46. The largest absolute Gasteiger partial charge is 0.356 e. The molecule has 6 heteroatoms. The van der Waals surface area contributed by atoms with Crippen LogP contribution < -0.4 is 10.2 Å². The van der Waals surface area contributed by atoms with E-state index >= 15 is 0 Å². The zero-order valence-corrected chi connectivity index (χ0v) is 15.3. The Morgan fingerprint density at radius 2 is 1.81 bits per heavy atom. The van der Waals surface area contributed by atoms with Crippen LogP contribution in [0.25, 0.3) is 17.1 Å². The fourth-order valence-electron chi connectivity index (χ4n) is 4.30. The molecule has 2 unspecified atom stereocenters. The summed E-state index contributed by atoms with van der Waals surface area (Å²) in [5, 5.41) is 3.48. The van der Waals surface area contributed by atoms with Crippen molar-refractivity contribution in [2.45, 2.75) is 6.92 Å². The Balaban J connectivity index is 1.51. The Hall–Kier alpha value is -2.73. The molecule has 0 saturated carbocycles. The molecule has 2 aliphatic heterocycles. The molecule has 0 spiro atoms. The van der Waals surface area contributed by atoms with Crippen LogP contribution in [0.5, 0.6) is 0 Å². The summed E-state index contributed by atoms with van der Waals surface area (Å²) < 4.78 is 15.3. The highest BCUT2D eigenvalue weighted by molar-refractivity contribution is 5.60. The quantitative estimate of drug-likeness (QED) is 0.777. The van der Waals surface area contributed by atoms with Crippen molar-refractivity contribution in [2.24, 2.45) is 11.8 Å². The minimum atomic E-state index is -0.243. The van der Waals surface area contributed by atoms with Crippen molar-refractivity contribution in [2.75, 3.05) is 31.1 Å². The molecule has 3 aromatic rings. The number of anilines is 1. The van der Waals surface area contributed by atoms with Crippen LogP contribution >= 0.6 is 0 Å². The Kier molecular flexibility index (Phi) is 3.93. The van der Waals surface area contributed by atoms with E-state index in [1.165, 1.54) is 12.1 Å². The summed E-state index contributed by atoms with van der Waals surface area (Å²) in [6, 6.07) is 10.7. The van der Waals surface area contributed by atoms with Gasteiger partial charge in [0.15, 0.2) is 0 Å². The van der Waals surface area contributed by atoms with Crippen molar-refractivity contribution in [3.8, 4) is 17.1 Å². The van der Waals surface area contributed by atoms with Crippen molar-refractivity contribution < 1.29 is 4.39 Å². The fourth-order valence-corrected chi connectivity index (χ4v) is 4.30. The number of rotatable bonds is 3. The van der Waals surface area contributed by atoms with Crippen LogP contribution in [0.1, 0.15) is 5.69 Å². The summed E-state index contributed by atoms with van der Waals surface area (Å²) in [5.41, 5.74) is 2.90. The second-order valence-corrected chi connectivity index (χ2v) is 7.54. The molecule has 2 atom stereocenters. The first kappa shape index (κ1) is 16.4. The number of fused-ring (bicyclic) bond motifs is 1. The van der Waals surface area contributed by atoms with Crippen molar-refractivity contribution in [3.63, 3.8) is 0 Å². The lowest BCUT2D eigenvalue weighted by Gasteiger charge is -2.20. The van der Waals surface area contributed by atoms with Crippen LogP contribution in [-0.4, -0.2) is 40.7 Å². The van der Waals surface area contributed by atoms with Crippen LogP contribution in [0.2, 0.25) is 0 Å². The van der Waals surface area contributed by atoms with Crippen molar-refractivity contribution in [3.05, 3.63) is 60.3 Å². The fraction of sp³-hybridized carbons (Fsp3) is 0.333. The maximum atomic E-state index is 13.3. The molecule has 1 aromatic carbocycles. The normalized spacial score (nSPS) is 21.6. The van der Waals surface area contributed by atoms with E-state index in [2.05, 4.69) is 27.3 Å². The van der Waals surface area contributed by atoms with Gasteiger partial charge < -0.3 is 10.2 Å².